The molecule has 0 aromatic carbocycles. The van der Waals surface area contributed by atoms with E-state index in [9.17, 15) is 10.1 Å². The molecule has 118 valence electrons. The van der Waals surface area contributed by atoms with Gasteiger partial charge < -0.3 is 0 Å². The van der Waals surface area contributed by atoms with Crippen LogP contribution in [0.2, 0.25) is 0 Å². The standard InChI is InChI=1S/C15H15N5OS2/c1-8(13(21)18-15-20-19-9(2)23-15)22-14-11(7-16)6-10-4-3-5-12(10)17-14/h6,8H,3-5H2,1-2H3,(H,18,20,21). The molecular formula is C15H15N5OS2. The Morgan fingerprint density at radius 3 is 3.00 bits per heavy atom. The van der Waals surface area contributed by atoms with E-state index in [1.165, 1.54) is 23.1 Å². The van der Waals surface area contributed by atoms with Gasteiger partial charge in [0.05, 0.1) is 10.8 Å². The number of fused-ring (bicyclic) bond motifs is 1. The summed E-state index contributed by atoms with van der Waals surface area (Å²) in [7, 11) is 0. The SMILES string of the molecule is Cc1nnc(NC(=O)C(C)Sc2nc3c(cc2C#N)CCC3)s1. The van der Waals surface area contributed by atoms with Crippen LogP contribution in [0, 0.1) is 18.3 Å². The van der Waals surface area contributed by atoms with E-state index in [0.717, 1.165) is 35.5 Å². The highest BCUT2D eigenvalue weighted by molar-refractivity contribution is 8.00. The molecule has 1 aliphatic carbocycles. The molecule has 0 saturated heterocycles. The number of nitriles is 1. The number of nitrogens with one attached hydrogen (secondary N) is 1. The first-order valence-corrected chi connectivity index (χ1v) is 8.97. The Balaban J connectivity index is 1.73. The molecule has 8 heteroatoms. The molecule has 0 saturated carbocycles. The molecule has 0 radical (unpaired) electrons. The van der Waals surface area contributed by atoms with E-state index < -0.39 is 0 Å². The minimum Gasteiger partial charge on any atom is -0.300 e. The van der Waals surface area contributed by atoms with Crippen LogP contribution in [0.3, 0.4) is 0 Å². The second kappa shape index (κ2) is 6.64. The Kier molecular flexibility index (Phi) is 4.59. The highest BCUT2D eigenvalue weighted by Gasteiger charge is 2.21. The molecule has 1 aliphatic rings. The molecule has 1 amide bonds. The molecule has 0 aliphatic heterocycles. The Labute approximate surface area is 142 Å². The quantitative estimate of drug-likeness (QED) is 0.857. The number of aryl methyl sites for hydroxylation is 3. The van der Waals surface area contributed by atoms with Crippen molar-refractivity contribution in [3.8, 4) is 6.07 Å². The molecule has 3 rings (SSSR count). The third-order valence-corrected chi connectivity index (χ3v) is 5.41. The Hall–Kier alpha value is -1.98. The number of amides is 1. The number of pyridine rings is 1. The topological polar surface area (TPSA) is 91.6 Å². The number of aromatic nitrogens is 3. The molecule has 2 aromatic rings. The predicted molar refractivity (Wildman–Crippen MR) is 89.6 cm³/mol. The van der Waals surface area contributed by atoms with E-state index >= 15 is 0 Å². The molecule has 0 bridgehead atoms. The van der Waals surface area contributed by atoms with E-state index in [4.69, 9.17) is 0 Å². The van der Waals surface area contributed by atoms with Crippen LogP contribution < -0.4 is 5.32 Å². The molecule has 1 atom stereocenters. The number of carbonyl (C=O) groups excluding carboxylic acids is 1. The summed E-state index contributed by atoms with van der Waals surface area (Å²) < 4.78 is 0. The number of hydrogen-bond acceptors (Lipinski definition) is 7. The van der Waals surface area contributed by atoms with Gasteiger partial charge >= 0.3 is 0 Å². The fraction of sp³-hybridized carbons (Fsp3) is 0.400. The summed E-state index contributed by atoms with van der Waals surface area (Å²) >= 11 is 2.64. The maximum Gasteiger partial charge on any atom is 0.239 e. The molecule has 23 heavy (non-hydrogen) atoms. The molecule has 2 heterocycles. The van der Waals surface area contributed by atoms with Crippen LogP contribution >= 0.6 is 23.1 Å². The van der Waals surface area contributed by atoms with Gasteiger partial charge in [-0.3, -0.25) is 10.1 Å². The van der Waals surface area contributed by atoms with Crippen molar-refractivity contribution in [2.24, 2.45) is 0 Å². The molecule has 6 nitrogen and oxygen atoms in total. The molecule has 1 unspecified atom stereocenters. The molecule has 2 aromatic heterocycles. The van der Waals surface area contributed by atoms with Crippen molar-refractivity contribution >= 4 is 34.1 Å². The monoisotopic (exact) mass is 345 g/mol. The van der Waals surface area contributed by atoms with E-state index in [-0.39, 0.29) is 11.2 Å². The normalized spacial score (nSPS) is 14.1. The van der Waals surface area contributed by atoms with Gasteiger partial charge in [-0.2, -0.15) is 5.26 Å². The van der Waals surface area contributed by atoms with Crippen LogP contribution in [0.15, 0.2) is 11.1 Å². The Morgan fingerprint density at radius 2 is 2.30 bits per heavy atom. The summed E-state index contributed by atoms with van der Waals surface area (Å²) in [5, 5.41) is 21.4. The van der Waals surface area contributed by atoms with Crippen LogP contribution in [0.25, 0.3) is 0 Å². The van der Waals surface area contributed by atoms with Crippen molar-refractivity contribution < 1.29 is 4.79 Å². The smallest absolute Gasteiger partial charge is 0.239 e. The Morgan fingerprint density at radius 1 is 1.48 bits per heavy atom. The number of anilines is 1. The maximum absolute atomic E-state index is 12.3. The van der Waals surface area contributed by atoms with Gasteiger partial charge in [-0.05, 0) is 44.7 Å². The van der Waals surface area contributed by atoms with E-state index in [0.29, 0.717) is 15.7 Å². The van der Waals surface area contributed by atoms with Gasteiger partial charge in [0.25, 0.3) is 0 Å². The summed E-state index contributed by atoms with van der Waals surface area (Å²) in [6, 6.07) is 4.10. The van der Waals surface area contributed by atoms with Gasteiger partial charge in [-0.15, -0.1) is 10.2 Å². The number of rotatable bonds is 4. The summed E-state index contributed by atoms with van der Waals surface area (Å²) in [6.45, 7) is 3.63. The highest BCUT2D eigenvalue weighted by atomic mass is 32.2. The maximum atomic E-state index is 12.3. The van der Waals surface area contributed by atoms with E-state index in [1.807, 2.05) is 13.0 Å². The fourth-order valence-corrected chi connectivity index (χ4v) is 3.89. The molecule has 1 N–H and O–H groups in total. The van der Waals surface area contributed by atoms with Crippen molar-refractivity contribution in [2.45, 2.75) is 43.4 Å². The third-order valence-electron chi connectivity index (χ3n) is 3.55. The van der Waals surface area contributed by atoms with Crippen LogP contribution in [-0.4, -0.2) is 26.3 Å². The lowest BCUT2D eigenvalue weighted by Gasteiger charge is -2.12. The summed E-state index contributed by atoms with van der Waals surface area (Å²) in [5.41, 5.74) is 2.76. The van der Waals surface area contributed by atoms with Gasteiger partial charge in [0.2, 0.25) is 11.0 Å². The van der Waals surface area contributed by atoms with Gasteiger partial charge in [-0.25, -0.2) is 4.98 Å². The first-order chi connectivity index (χ1) is 11.1. The number of nitrogens with zero attached hydrogens (tertiary/aromatic N) is 4. The van der Waals surface area contributed by atoms with Gasteiger partial charge in [0, 0.05) is 5.69 Å². The first kappa shape index (κ1) is 15.9. The van der Waals surface area contributed by atoms with Crippen molar-refractivity contribution in [1.82, 2.24) is 15.2 Å². The average molecular weight is 345 g/mol. The largest absolute Gasteiger partial charge is 0.300 e. The van der Waals surface area contributed by atoms with E-state index in [2.05, 4.69) is 26.6 Å². The van der Waals surface area contributed by atoms with Gasteiger partial charge in [-0.1, -0.05) is 23.1 Å². The zero-order valence-electron chi connectivity index (χ0n) is 12.8. The molecular weight excluding hydrogens is 330 g/mol. The third kappa shape index (κ3) is 3.51. The predicted octanol–water partition coefficient (Wildman–Crippen LogP) is 2.72. The zero-order valence-corrected chi connectivity index (χ0v) is 14.4. The highest BCUT2D eigenvalue weighted by Crippen LogP contribution is 2.30. The zero-order chi connectivity index (χ0) is 16.4. The van der Waals surface area contributed by atoms with Crippen molar-refractivity contribution in [1.29, 1.82) is 5.26 Å². The Bertz CT molecular complexity index is 796. The molecule has 0 spiro atoms. The van der Waals surface area contributed by atoms with Crippen LogP contribution in [-0.2, 0) is 17.6 Å². The first-order valence-electron chi connectivity index (χ1n) is 7.27. The minimum atomic E-state index is -0.377. The van der Waals surface area contributed by atoms with Crippen LogP contribution in [0.1, 0.15) is 35.2 Å². The minimum absolute atomic E-state index is 0.169. The van der Waals surface area contributed by atoms with Gasteiger partial charge in [0.1, 0.15) is 16.1 Å². The summed E-state index contributed by atoms with van der Waals surface area (Å²) in [4.78, 5) is 16.8. The number of carbonyl (C=O) groups is 1. The lowest BCUT2D eigenvalue weighted by molar-refractivity contribution is -0.115. The molecule has 0 fully saturated rings. The summed E-state index contributed by atoms with van der Waals surface area (Å²) in [5.74, 6) is -0.169. The lowest BCUT2D eigenvalue weighted by atomic mass is 10.2. The summed E-state index contributed by atoms with van der Waals surface area (Å²) in [6.07, 6.45) is 3.00. The van der Waals surface area contributed by atoms with Crippen LogP contribution in [0.4, 0.5) is 5.13 Å². The van der Waals surface area contributed by atoms with Crippen LogP contribution in [0.5, 0.6) is 0 Å². The second-order valence-corrected chi connectivity index (χ2v) is 7.80. The average Bonchev–Trinajstić information content (AvgIpc) is 3.14. The van der Waals surface area contributed by atoms with Crippen molar-refractivity contribution in [2.75, 3.05) is 5.32 Å². The van der Waals surface area contributed by atoms with Crippen molar-refractivity contribution in [3.63, 3.8) is 0 Å². The number of hydrogen-bond donors (Lipinski definition) is 1. The van der Waals surface area contributed by atoms with E-state index in [1.54, 1.807) is 6.92 Å². The second-order valence-electron chi connectivity index (χ2n) is 5.29. The fourth-order valence-electron chi connectivity index (χ4n) is 2.40. The van der Waals surface area contributed by atoms with Gasteiger partial charge in [0.15, 0.2) is 0 Å². The van der Waals surface area contributed by atoms with Crippen molar-refractivity contribution in [3.05, 3.63) is 27.9 Å². The lowest BCUT2D eigenvalue weighted by Crippen LogP contribution is -2.22. The number of thioether (sulfide) groups is 1.